The van der Waals surface area contributed by atoms with Crippen molar-refractivity contribution >= 4 is 11.9 Å². The second kappa shape index (κ2) is 8.12. The molecule has 0 saturated heterocycles. The van der Waals surface area contributed by atoms with Gasteiger partial charge in [-0.2, -0.15) is 0 Å². The van der Waals surface area contributed by atoms with Gasteiger partial charge in [-0.1, -0.05) is 25.1 Å². The van der Waals surface area contributed by atoms with E-state index >= 15 is 0 Å². The molecule has 6 heteroatoms. The molecule has 0 aliphatic heterocycles. The van der Waals surface area contributed by atoms with Crippen molar-refractivity contribution in [1.82, 2.24) is 15.3 Å². The largest absolute Gasteiger partial charge is 0.496 e. The number of methoxy groups -OCH3 is 1. The highest BCUT2D eigenvalue weighted by Crippen LogP contribution is 2.18. The van der Waals surface area contributed by atoms with Crippen molar-refractivity contribution < 1.29 is 9.53 Å². The van der Waals surface area contributed by atoms with Crippen LogP contribution in [0.4, 0.5) is 5.95 Å². The SMILES string of the molecule is CCC(C)NC(=O)c1ccnc(NCc2ccccc2OC)n1. The quantitative estimate of drug-likeness (QED) is 0.821. The number of aromatic nitrogens is 2. The standard InChI is InChI=1S/C17H22N4O2/c1-4-12(2)20-16(22)14-9-10-18-17(21-14)19-11-13-7-5-6-8-15(13)23-3/h5-10,12H,4,11H2,1-3H3,(H,20,22)(H,18,19,21). The fraction of sp³-hybridized carbons (Fsp3) is 0.353. The summed E-state index contributed by atoms with van der Waals surface area (Å²) in [5.41, 5.74) is 1.34. The first-order valence-electron chi connectivity index (χ1n) is 7.63. The molecular formula is C17H22N4O2. The van der Waals surface area contributed by atoms with E-state index in [4.69, 9.17) is 4.74 Å². The van der Waals surface area contributed by atoms with Crippen molar-refractivity contribution in [1.29, 1.82) is 0 Å². The van der Waals surface area contributed by atoms with Crippen LogP contribution in [0.1, 0.15) is 36.3 Å². The molecular weight excluding hydrogens is 292 g/mol. The monoisotopic (exact) mass is 314 g/mol. The molecule has 0 radical (unpaired) electrons. The van der Waals surface area contributed by atoms with Crippen LogP contribution in [0.25, 0.3) is 0 Å². The number of ether oxygens (including phenoxy) is 1. The number of nitrogens with zero attached hydrogens (tertiary/aromatic N) is 2. The van der Waals surface area contributed by atoms with Gasteiger partial charge in [-0.15, -0.1) is 0 Å². The Labute approximate surface area is 136 Å². The van der Waals surface area contributed by atoms with E-state index in [1.807, 2.05) is 38.1 Å². The van der Waals surface area contributed by atoms with E-state index in [0.717, 1.165) is 17.7 Å². The van der Waals surface area contributed by atoms with E-state index in [1.165, 1.54) is 0 Å². The number of carbonyl (C=O) groups is 1. The van der Waals surface area contributed by atoms with Crippen LogP contribution in [0.15, 0.2) is 36.5 Å². The summed E-state index contributed by atoms with van der Waals surface area (Å²) in [6, 6.07) is 9.43. The van der Waals surface area contributed by atoms with Gasteiger partial charge in [0.2, 0.25) is 5.95 Å². The summed E-state index contributed by atoms with van der Waals surface area (Å²) >= 11 is 0. The fourth-order valence-electron chi connectivity index (χ4n) is 1.99. The highest BCUT2D eigenvalue weighted by Gasteiger charge is 2.11. The Morgan fingerprint density at radius 2 is 2.09 bits per heavy atom. The number of anilines is 1. The van der Waals surface area contributed by atoms with Crippen molar-refractivity contribution in [3.8, 4) is 5.75 Å². The van der Waals surface area contributed by atoms with Gasteiger partial charge in [-0.3, -0.25) is 4.79 Å². The van der Waals surface area contributed by atoms with Gasteiger partial charge >= 0.3 is 0 Å². The molecule has 1 aromatic heterocycles. The highest BCUT2D eigenvalue weighted by atomic mass is 16.5. The third-order valence-corrected chi connectivity index (χ3v) is 3.51. The number of amides is 1. The van der Waals surface area contributed by atoms with Crippen molar-refractivity contribution in [2.75, 3.05) is 12.4 Å². The number of para-hydroxylation sites is 1. The van der Waals surface area contributed by atoms with Crippen LogP contribution in [-0.2, 0) is 6.54 Å². The van der Waals surface area contributed by atoms with Crippen LogP contribution in [0.3, 0.4) is 0 Å². The highest BCUT2D eigenvalue weighted by molar-refractivity contribution is 5.92. The predicted octanol–water partition coefficient (Wildman–Crippen LogP) is 2.63. The van der Waals surface area contributed by atoms with Crippen molar-refractivity contribution in [2.24, 2.45) is 0 Å². The molecule has 2 rings (SSSR count). The summed E-state index contributed by atoms with van der Waals surface area (Å²) in [6.07, 6.45) is 2.44. The number of carbonyl (C=O) groups excluding carboxylic acids is 1. The summed E-state index contributed by atoms with van der Waals surface area (Å²) in [6.45, 7) is 4.49. The van der Waals surface area contributed by atoms with E-state index in [9.17, 15) is 4.79 Å². The molecule has 0 fully saturated rings. The molecule has 0 saturated carbocycles. The van der Waals surface area contributed by atoms with Gasteiger partial charge in [0.05, 0.1) is 7.11 Å². The van der Waals surface area contributed by atoms with Crippen LogP contribution < -0.4 is 15.4 Å². The molecule has 1 amide bonds. The topological polar surface area (TPSA) is 76.1 Å². The minimum Gasteiger partial charge on any atom is -0.496 e. The number of hydrogen-bond donors (Lipinski definition) is 2. The molecule has 23 heavy (non-hydrogen) atoms. The van der Waals surface area contributed by atoms with Crippen LogP contribution in [0, 0.1) is 0 Å². The molecule has 0 bridgehead atoms. The van der Waals surface area contributed by atoms with Crippen molar-refractivity contribution in [3.05, 3.63) is 47.8 Å². The number of rotatable bonds is 7. The summed E-state index contributed by atoms with van der Waals surface area (Å²) in [5, 5.41) is 6.00. The average molecular weight is 314 g/mol. The van der Waals surface area contributed by atoms with Gasteiger partial charge in [0.15, 0.2) is 0 Å². The third-order valence-electron chi connectivity index (χ3n) is 3.51. The molecule has 1 unspecified atom stereocenters. The minimum absolute atomic E-state index is 0.113. The first-order chi connectivity index (χ1) is 11.1. The normalized spacial score (nSPS) is 11.6. The number of benzene rings is 1. The Morgan fingerprint density at radius 1 is 1.30 bits per heavy atom. The fourth-order valence-corrected chi connectivity index (χ4v) is 1.99. The van der Waals surface area contributed by atoms with Crippen LogP contribution in [0.5, 0.6) is 5.75 Å². The molecule has 0 spiro atoms. The second-order valence-corrected chi connectivity index (χ2v) is 5.21. The molecule has 0 aliphatic carbocycles. The maximum Gasteiger partial charge on any atom is 0.270 e. The average Bonchev–Trinajstić information content (AvgIpc) is 2.60. The second-order valence-electron chi connectivity index (χ2n) is 5.21. The van der Waals surface area contributed by atoms with E-state index < -0.39 is 0 Å². The summed E-state index contributed by atoms with van der Waals surface area (Å²) in [4.78, 5) is 20.5. The first-order valence-corrected chi connectivity index (χ1v) is 7.63. The lowest BCUT2D eigenvalue weighted by Crippen LogP contribution is -2.32. The summed E-state index contributed by atoms with van der Waals surface area (Å²) < 4.78 is 5.31. The van der Waals surface area contributed by atoms with E-state index in [0.29, 0.717) is 18.2 Å². The predicted molar refractivity (Wildman–Crippen MR) is 89.6 cm³/mol. The zero-order valence-corrected chi connectivity index (χ0v) is 13.7. The third kappa shape index (κ3) is 4.67. The molecule has 1 atom stereocenters. The Hall–Kier alpha value is -2.63. The lowest BCUT2D eigenvalue weighted by Gasteiger charge is -2.12. The minimum atomic E-state index is -0.193. The van der Waals surface area contributed by atoms with Crippen LogP contribution in [0.2, 0.25) is 0 Å². The Morgan fingerprint density at radius 3 is 2.83 bits per heavy atom. The number of hydrogen-bond acceptors (Lipinski definition) is 5. The van der Waals surface area contributed by atoms with E-state index in [2.05, 4.69) is 20.6 Å². The molecule has 1 aromatic carbocycles. The van der Waals surface area contributed by atoms with Crippen molar-refractivity contribution in [3.63, 3.8) is 0 Å². The zero-order valence-electron chi connectivity index (χ0n) is 13.7. The van der Waals surface area contributed by atoms with Crippen LogP contribution >= 0.6 is 0 Å². The molecule has 2 aromatic rings. The van der Waals surface area contributed by atoms with Gasteiger partial charge in [-0.05, 0) is 25.5 Å². The van der Waals surface area contributed by atoms with Crippen molar-refractivity contribution in [2.45, 2.75) is 32.9 Å². The summed E-state index contributed by atoms with van der Waals surface area (Å²) in [5.74, 6) is 1.01. The molecule has 122 valence electrons. The van der Waals surface area contributed by atoms with Gasteiger partial charge < -0.3 is 15.4 Å². The van der Waals surface area contributed by atoms with E-state index in [1.54, 1.807) is 19.4 Å². The Balaban J connectivity index is 2.04. The Kier molecular flexibility index (Phi) is 5.91. The smallest absolute Gasteiger partial charge is 0.270 e. The first kappa shape index (κ1) is 16.7. The van der Waals surface area contributed by atoms with Gasteiger partial charge in [0.1, 0.15) is 11.4 Å². The molecule has 1 heterocycles. The molecule has 0 aliphatic rings. The van der Waals surface area contributed by atoms with E-state index in [-0.39, 0.29) is 11.9 Å². The van der Waals surface area contributed by atoms with Gasteiger partial charge in [0.25, 0.3) is 5.91 Å². The maximum atomic E-state index is 12.1. The van der Waals surface area contributed by atoms with Gasteiger partial charge in [0, 0.05) is 24.3 Å². The lowest BCUT2D eigenvalue weighted by atomic mass is 10.2. The van der Waals surface area contributed by atoms with Crippen LogP contribution in [-0.4, -0.2) is 29.0 Å². The maximum absolute atomic E-state index is 12.1. The molecule has 2 N–H and O–H groups in total. The summed E-state index contributed by atoms with van der Waals surface area (Å²) in [7, 11) is 1.63. The molecule has 6 nitrogen and oxygen atoms in total. The zero-order chi connectivity index (χ0) is 16.7. The number of nitrogens with one attached hydrogen (secondary N) is 2. The van der Waals surface area contributed by atoms with Gasteiger partial charge in [-0.25, -0.2) is 9.97 Å². The lowest BCUT2D eigenvalue weighted by molar-refractivity contribution is 0.0934. The Bertz CT molecular complexity index is 661.